The number of nitrogens with one attached hydrogen (secondary N) is 1. The van der Waals surface area contributed by atoms with Gasteiger partial charge in [0.05, 0.1) is 18.8 Å². The number of unbranched alkanes of at least 4 members (excludes halogenated alkanes) is 1. The molecule has 0 spiro atoms. The first-order chi connectivity index (χ1) is 14.5. The number of carbonyl (C=O) groups is 3. The molecule has 0 saturated carbocycles. The van der Waals surface area contributed by atoms with Crippen LogP contribution in [-0.4, -0.2) is 37.6 Å². The van der Waals surface area contributed by atoms with Gasteiger partial charge in [0, 0.05) is 18.2 Å². The molecule has 7 nitrogen and oxygen atoms in total. The Balaban J connectivity index is 1.77. The van der Waals surface area contributed by atoms with E-state index in [1.165, 1.54) is 0 Å². The van der Waals surface area contributed by atoms with Gasteiger partial charge in [-0.3, -0.25) is 4.79 Å². The van der Waals surface area contributed by atoms with Crippen LogP contribution in [-0.2, 0) is 9.53 Å². The number of carbonyl (C=O) groups excluding carboxylic acids is 3. The topological polar surface area (TPSA) is 90.9 Å². The molecule has 7 heteroatoms. The summed E-state index contributed by atoms with van der Waals surface area (Å²) < 4.78 is 15.8. The number of benzene rings is 2. The minimum absolute atomic E-state index is 0.177. The van der Waals surface area contributed by atoms with E-state index < -0.39 is 11.9 Å². The highest BCUT2D eigenvalue weighted by Crippen LogP contribution is 2.17. The van der Waals surface area contributed by atoms with Crippen LogP contribution in [0.1, 0.15) is 40.5 Å². The lowest BCUT2D eigenvalue weighted by atomic mass is 10.2. The second-order valence-electron chi connectivity index (χ2n) is 6.22. The van der Waals surface area contributed by atoms with Crippen molar-refractivity contribution in [2.45, 2.75) is 19.8 Å². The van der Waals surface area contributed by atoms with Gasteiger partial charge < -0.3 is 19.5 Å². The molecule has 0 radical (unpaired) electrons. The van der Waals surface area contributed by atoms with Crippen molar-refractivity contribution in [3.05, 3.63) is 72.3 Å². The van der Waals surface area contributed by atoms with Crippen molar-refractivity contribution in [1.82, 2.24) is 5.32 Å². The third-order valence-electron chi connectivity index (χ3n) is 3.97. The molecule has 0 aromatic heterocycles. The van der Waals surface area contributed by atoms with Gasteiger partial charge >= 0.3 is 11.9 Å². The summed E-state index contributed by atoms with van der Waals surface area (Å²) >= 11 is 0. The minimum atomic E-state index is -0.503. The van der Waals surface area contributed by atoms with Crippen LogP contribution in [0.2, 0.25) is 0 Å². The number of ether oxygens (including phenoxy) is 3. The molecule has 0 unspecified atom stereocenters. The van der Waals surface area contributed by atoms with Gasteiger partial charge in [0.25, 0.3) is 5.91 Å². The first-order valence-corrected chi connectivity index (χ1v) is 9.66. The van der Waals surface area contributed by atoms with Crippen molar-refractivity contribution < 1.29 is 28.6 Å². The predicted octanol–water partition coefficient (Wildman–Crippen LogP) is 3.54. The van der Waals surface area contributed by atoms with Crippen molar-refractivity contribution in [3.8, 4) is 11.5 Å². The van der Waals surface area contributed by atoms with Gasteiger partial charge in [0.2, 0.25) is 0 Å². The Labute approximate surface area is 175 Å². The van der Waals surface area contributed by atoms with Crippen molar-refractivity contribution >= 4 is 17.8 Å². The maximum atomic E-state index is 12.3. The van der Waals surface area contributed by atoms with Crippen molar-refractivity contribution in [2.24, 2.45) is 0 Å². The quantitative estimate of drug-likeness (QED) is 0.263. The third-order valence-corrected chi connectivity index (χ3v) is 3.97. The number of esters is 2. The lowest BCUT2D eigenvalue weighted by Crippen LogP contribution is -2.22. The van der Waals surface area contributed by atoms with Crippen LogP contribution in [0.5, 0.6) is 11.5 Å². The molecule has 0 bridgehead atoms. The fourth-order valence-electron chi connectivity index (χ4n) is 2.42. The van der Waals surface area contributed by atoms with Crippen LogP contribution >= 0.6 is 0 Å². The Kier molecular flexibility index (Phi) is 9.12. The molecule has 0 aliphatic rings. The Morgan fingerprint density at radius 3 is 2.13 bits per heavy atom. The van der Waals surface area contributed by atoms with Crippen molar-refractivity contribution in [2.75, 3.05) is 19.8 Å². The van der Waals surface area contributed by atoms with E-state index >= 15 is 0 Å². The molecule has 0 fully saturated rings. The van der Waals surface area contributed by atoms with E-state index in [0.717, 1.165) is 12.5 Å². The van der Waals surface area contributed by atoms with Crippen LogP contribution in [0.25, 0.3) is 0 Å². The predicted molar refractivity (Wildman–Crippen MR) is 112 cm³/mol. The third kappa shape index (κ3) is 7.43. The molecule has 30 heavy (non-hydrogen) atoms. The Morgan fingerprint density at radius 2 is 1.50 bits per heavy atom. The molecule has 2 rings (SSSR count). The van der Waals surface area contributed by atoms with E-state index in [-0.39, 0.29) is 5.91 Å². The molecule has 0 saturated heterocycles. The molecule has 158 valence electrons. The number of amides is 1. The second kappa shape index (κ2) is 12.1. The summed E-state index contributed by atoms with van der Waals surface area (Å²) in [4.78, 5) is 34.9. The number of rotatable bonds is 11. The summed E-state index contributed by atoms with van der Waals surface area (Å²) in [5.74, 6) is -0.136. The summed E-state index contributed by atoms with van der Waals surface area (Å²) in [7, 11) is 0. The Bertz CT molecular complexity index is 858. The van der Waals surface area contributed by atoms with E-state index in [4.69, 9.17) is 14.2 Å². The van der Waals surface area contributed by atoms with Gasteiger partial charge in [-0.1, -0.05) is 6.58 Å². The normalized spacial score (nSPS) is 10.0. The zero-order valence-electron chi connectivity index (χ0n) is 16.9. The summed E-state index contributed by atoms with van der Waals surface area (Å²) in [6.45, 7) is 6.50. The summed E-state index contributed by atoms with van der Waals surface area (Å²) in [5, 5.41) is 2.70. The van der Waals surface area contributed by atoms with Gasteiger partial charge in [-0.2, -0.15) is 0 Å². The first-order valence-electron chi connectivity index (χ1n) is 9.66. The average Bonchev–Trinajstić information content (AvgIpc) is 2.77. The van der Waals surface area contributed by atoms with E-state index in [2.05, 4.69) is 11.9 Å². The van der Waals surface area contributed by atoms with E-state index in [0.29, 0.717) is 48.8 Å². The lowest BCUT2D eigenvalue weighted by Gasteiger charge is -2.08. The van der Waals surface area contributed by atoms with Gasteiger partial charge in [-0.05, 0) is 68.3 Å². The van der Waals surface area contributed by atoms with Gasteiger partial charge in [0.15, 0.2) is 0 Å². The summed E-state index contributed by atoms with van der Waals surface area (Å²) in [6, 6.07) is 13.0. The van der Waals surface area contributed by atoms with Crippen LogP contribution in [0.4, 0.5) is 0 Å². The van der Waals surface area contributed by atoms with Crippen LogP contribution in [0, 0.1) is 0 Å². The lowest BCUT2D eigenvalue weighted by molar-refractivity contribution is -0.137. The molecule has 0 heterocycles. The monoisotopic (exact) mass is 411 g/mol. The molecule has 0 aliphatic heterocycles. The molecular weight excluding hydrogens is 386 g/mol. The smallest absolute Gasteiger partial charge is 0.343 e. The highest BCUT2D eigenvalue weighted by atomic mass is 16.5. The fourth-order valence-corrected chi connectivity index (χ4v) is 2.42. The molecule has 2 aromatic rings. The van der Waals surface area contributed by atoms with Gasteiger partial charge in [0.1, 0.15) is 11.5 Å². The van der Waals surface area contributed by atoms with E-state index in [1.54, 1.807) is 48.5 Å². The maximum absolute atomic E-state index is 12.3. The van der Waals surface area contributed by atoms with E-state index in [1.807, 2.05) is 6.92 Å². The molecule has 0 aliphatic carbocycles. The zero-order chi connectivity index (χ0) is 21.8. The number of hydrogen-bond donors (Lipinski definition) is 1. The molecule has 2 aromatic carbocycles. The first kappa shape index (κ1) is 22.7. The Hall–Kier alpha value is -3.61. The summed E-state index contributed by atoms with van der Waals surface area (Å²) in [5.41, 5.74) is 0.878. The van der Waals surface area contributed by atoms with Crippen molar-refractivity contribution in [3.63, 3.8) is 0 Å². The van der Waals surface area contributed by atoms with Crippen LogP contribution in [0.15, 0.2) is 61.2 Å². The average molecular weight is 411 g/mol. The second-order valence-corrected chi connectivity index (χ2v) is 6.22. The maximum Gasteiger partial charge on any atom is 0.343 e. The highest BCUT2D eigenvalue weighted by molar-refractivity contribution is 5.94. The van der Waals surface area contributed by atoms with Crippen LogP contribution in [0.3, 0.4) is 0 Å². The van der Waals surface area contributed by atoms with Gasteiger partial charge in [-0.25, -0.2) is 9.59 Å². The molecule has 0 atom stereocenters. The Morgan fingerprint density at radius 1 is 0.900 bits per heavy atom. The fraction of sp³-hybridized carbons (Fsp3) is 0.261. The zero-order valence-corrected chi connectivity index (χ0v) is 16.9. The highest BCUT2D eigenvalue weighted by Gasteiger charge is 2.10. The minimum Gasteiger partial charge on any atom is -0.494 e. The van der Waals surface area contributed by atoms with Gasteiger partial charge in [-0.15, -0.1) is 0 Å². The molecule has 1 amide bonds. The molecule has 1 N–H and O–H groups in total. The summed E-state index contributed by atoms with van der Waals surface area (Å²) in [6.07, 6.45) is 2.54. The molecular formula is C23H25NO6. The largest absolute Gasteiger partial charge is 0.494 e. The standard InChI is InChI=1S/C23H25NO6/c1-3-21(25)29-16-6-5-15-28-19-11-9-18(10-12-19)23(27)30-20-13-7-17(8-14-20)22(26)24-4-2/h3,7-14H,1,4-6,15-16H2,2H3,(H,24,26). The SMILES string of the molecule is C=CC(=O)OCCCCOc1ccc(C(=O)Oc2ccc(C(=O)NCC)cc2)cc1. The van der Waals surface area contributed by atoms with Crippen molar-refractivity contribution in [1.29, 1.82) is 0 Å². The van der Waals surface area contributed by atoms with Crippen LogP contribution < -0.4 is 14.8 Å². The van der Waals surface area contributed by atoms with E-state index in [9.17, 15) is 14.4 Å². The number of hydrogen-bond acceptors (Lipinski definition) is 6.